The van der Waals surface area contributed by atoms with Crippen LogP contribution in [0.2, 0.25) is 0 Å². The van der Waals surface area contributed by atoms with Crippen molar-refractivity contribution in [1.82, 2.24) is 25.0 Å². The SMILES string of the molecule is CN1CCN(Cc2ccc(NC(=O)CNc3ccc(-c4cnc5[nH]ncc5c4)cc3)cc2C(F)(F)F)CC1. The highest BCUT2D eigenvalue weighted by molar-refractivity contribution is 5.94. The molecule has 3 heterocycles. The number of anilines is 2. The summed E-state index contributed by atoms with van der Waals surface area (Å²) in [5.41, 5.74) is 2.90. The number of hydrogen-bond acceptors (Lipinski definition) is 6. The summed E-state index contributed by atoms with van der Waals surface area (Å²) in [5.74, 6) is -0.441. The maximum Gasteiger partial charge on any atom is 0.416 e. The third-order valence-corrected chi connectivity index (χ3v) is 6.65. The largest absolute Gasteiger partial charge is 0.416 e. The fraction of sp³-hybridized carbons (Fsp3) is 0.296. The number of alkyl halides is 3. The van der Waals surface area contributed by atoms with Crippen LogP contribution in [0.25, 0.3) is 22.2 Å². The van der Waals surface area contributed by atoms with E-state index in [2.05, 4.69) is 30.7 Å². The van der Waals surface area contributed by atoms with Crippen LogP contribution < -0.4 is 10.6 Å². The summed E-state index contributed by atoms with van der Waals surface area (Å²) in [4.78, 5) is 21.0. The van der Waals surface area contributed by atoms with Gasteiger partial charge in [0.25, 0.3) is 0 Å². The zero-order chi connectivity index (χ0) is 26.7. The standard InChI is InChI=1S/C27H28F3N7O/c1-36-8-10-37(11-9-36)17-19-4-7-23(13-24(19)27(28,29)30)34-25(38)16-31-22-5-2-18(3-6-22)20-12-21-15-33-35-26(21)32-14-20/h2-7,12-15,31H,8-11,16-17H2,1H3,(H,34,38)(H,32,33,35). The maximum atomic E-state index is 13.8. The normalized spacial score (nSPS) is 15.1. The van der Waals surface area contributed by atoms with Gasteiger partial charge in [-0.3, -0.25) is 14.8 Å². The van der Waals surface area contributed by atoms with Crippen LogP contribution in [0, 0.1) is 0 Å². The number of pyridine rings is 1. The van der Waals surface area contributed by atoms with Crippen molar-refractivity contribution < 1.29 is 18.0 Å². The van der Waals surface area contributed by atoms with E-state index in [1.807, 2.05) is 42.3 Å². The van der Waals surface area contributed by atoms with Gasteiger partial charge < -0.3 is 15.5 Å². The Morgan fingerprint density at radius 3 is 2.45 bits per heavy atom. The Morgan fingerprint density at radius 2 is 1.71 bits per heavy atom. The van der Waals surface area contributed by atoms with E-state index in [-0.39, 0.29) is 24.3 Å². The molecule has 0 spiro atoms. The quantitative estimate of drug-likeness (QED) is 0.332. The lowest BCUT2D eigenvalue weighted by atomic mass is 10.0. The van der Waals surface area contributed by atoms with Crippen molar-refractivity contribution in [2.45, 2.75) is 12.7 Å². The summed E-state index contributed by atoms with van der Waals surface area (Å²) in [5, 5.41) is 13.3. The Labute approximate surface area is 217 Å². The minimum atomic E-state index is -4.51. The third-order valence-electron chi connectivity index (χ3n) is 6.65. The fourth-order valence-electron chi connectivity index (χ4n) is 4.47. The van der Waals surface area contributed by atoms with Gasteiger partial charge >= 0.3 is 6.18 Å². The highest BCUT2D eigenvalue weighted by atomic mass is 19.4. The minimum Gasteiger partial charge on any atom is -0.376 e. The molecule has 0 saturated carbocycles. The molecule has 0 bridgehead atoms. The van der Waals surface area contributed by atoms with Crippen molar-refractivity contribution in [1.29, 1.82) is 0 Å². The number of hydrogen-bond donors (Lipinski definition) is 3. The number of amides is 1. The van der Waals surface area contributed by atoms with Crippen molar-refractivity contribution >= 4 is 28.3 Å². The highest BCUT2D eigenvalue weighted by Gasteiger charge is 2.34. The number of rotatable bonds is 7. The third kappa shape index (κ3) is 6.12. The second-order valence-electron chi connectivity index (χ2n) is 9.46. The number of likely N-dealkylation sites (N-methyl/N-ethyl adjacent to an activating group) is 1. The van der Waals surface area contributed by atoms with E-state index < -0.39 is 17.6 Å². The number of aromatic nitrogens is 3. The van der Waals surface area contributed by atoms with Crippen LogP contribution in [0.15, 0.2) is 60.9 Å². The van der Waals surface area contributed by atoms with E-state index in [1.165, 1.54) is 12.1 Å². The molecule has 198 valence electrons. The molecule has 5 rings (SSSR count). The molecular formula is C27H28F3N7O. The van der Waals surface area contributed by atoms with Crippen molar-refractivity contribution in [3.05, 3.63) is 72.1 Å². The van der Waals surface area contributed by atoms with E-state index in [4.69, 9.17) is 0 Å². The van der Waals surface area contributed by atoms with E-state index in [0.29, 0.717) is 11.3 Å². The van der Waals surface area contributed by atoms with Crippen molar-refractivity contribution in [3.63, 3.8) is 0 Å². The number of halogens is 3. The topological polar surface area (TPSA) is 89.2 Å². The van der Waals surface area contributed by atoms with Gasteiger partial charge in [-0.05, 0) is 48.5 Å². The highest BCUT2D eigenvalue weighted by Crippen LogP contribution is 2.34. The molecule has 0 atom stereocenters. The van der Waals surface area contributed by atoms with Gasteiger partial charge in [-0.25, -0.2) is 4.98 Å². The summed E-state index contributed by atoms with van der Waals surface area (Å²) in [6.45, 7) is 3.21. The lowest BCUT2D eigenvalue weighted by Crippen LogP contribution is -2.44. The van der Waals surface area contributed by atoms with Gasteiger partial charge in [0.2, 0.25) is 5.91 Å². The molecule has 4 aromatic rings. The lowest BCUT2D eigenvalue weighted by Gasteiger charge is -2.33. The monoisotopic (exact) mass is 523 g/mol. The summed E-state index contributed by atoms with van der Waals surface area (Å²) >= 11 is 0. The van der Waals surface area contributed by atoms with Gasteiger partial charge in [0.1, 0.15) is 0 Å². The number of aromatic amines is 1. The number of carbonyl (C=O) groups is 1. The number of carbonyl (C=O) groups excluding carboxylic acids is 1. The van der Waals surface area contributed by atoms with Gasteiger partial charge in [-0.15, -0.1) is 0 Å². The second kappa shape index (κ2) is 10.8. The van der Waals surface area contributed by atoms with Crippen molar-refractivity contribution in [2.75, 3.05) is 50.4 Å². The molecule has 1 aliphatic heterocycles. The van der Waals surface area contributed by atoms with Crippen LogP contribution in [0.5, 0.6) is 0 Å². The van der Waals surface area contributed by atoms with E-state index in [1.54, 1.807) is 12.4 Å². The minimum absolute atomic E-state index is 0.0910. The predicted molar refractivity (Wildman–Crippen MR) is 141 cm³/mol. The molecule has 0 aliphatic carbocycles. The van der Waals surface area contributed by atoms with Gasteiger partial charge in [0.15, 0.2) is 5.65 Å². The Hall–Kier alpha value is -3.96. The first kappa shape index (κ1) is 25.7. The number of benzene rings is 2. The van der Waals surface area contributed by atoms with Gasteiger partial charge in [0.05, 0.1) is 18.3 Å². The van der Waals surface area contributed by atoms with Crippen LogP contribution in [-0.2, 0) is 17.5 Å². The zero-order valence-electron chi connectivity index (χ0n) is 20.8. The molecule has 1 amide bonds. The molecule has 0 unspecified atom stereocenters. The number of nitrogens with zero attached hydrogens (tertiary/aromatic N) is 4. The first-order chi connectivity index (χ1) is 18.2. The van der Waals surface area contributed by atoms with Crippen molar-refractivity contribution in [3.8, 4) is 11.1 Å². The molecule has 3 N–H and O–H groups in total. The molecule has 1 saturated heterocycles. The number of H-pyrrole nitrogens is 1. The number of piperazine rings is 1. The average Bonchev–Trinajstić information content (AvgIpc) is 3.37. The van der Waals surface area contributed by atoms with Gasteiger partial charge in [0, 0.05) is 61.2 Å². The smallest absolute Gasteiger partial charge is 0.376 e. The molecule has 8 nitrogen and oxygen atoms in total. The summed E-state index contributed by atoms with van der Waals surface area (Å²) < 4.78 is 41.4. The number of fused-ring (bicyclic) bond motifs is 1. The first-order valence-electron chi connectivity index (χ1n) is 12.3. The maximum absolute atomic E-state index is 13.8. The molecular weight excluding hydrogens is 495 g/mol. The van der Waals surface area contributed by atoms with Crippen LogP contribution in [-0.4, -0.2) is 70.7 Å². The summed E-state index contributed by atoms with van der Waals surface area (Å²) in [6, 6.07) is 13.4. The molecule has 11 heteroatoms. The Kier molecular flexibility index (Phi) is 7.30. The summed E-state index contributed by atoms with van der Waals surface area (Å²) in [6.07, 6.45) is -1.05. The van der Waals surface area contributed by atoms with Crippen LogP contribution in [0.1, 0.15) is 11.1 Å². The van der Waals surface area contributed by atoms with E-state index >= 15 is 0 Å². The van der Waals surface area contributed by atoms with Crippen LogP contribution in [0.4, 0.5) is 24.5 Å². The van der Waals surface area contributed by atoms with Crippen LogP contribution >= 0.6 is 0 Å². The summed E-state index contributed by atoms with van der Waals surface area (Å²) in [7, 11) is 2.00. The Balaban J connectivity index is 1.19. The zero-order valence-corrected chi connectivity index (χ0v) is 20.8. The second-order valence-corrected chi connectivity index (χ2v) is 9.46. The molecule has 0 radical (unpaired) electrons. The van der Waals surface area contributed by atoms with E-state index in [0.717, 1.165) is 48.8 Å². The molecule has 2 aromatic carbocycles. The Morgan fingerprint density at radius 1 is 0.974 bits per heavy atom. The van der Waals surface area contributed by atoms with Crippen LogP contribution in [0.3, 0.4) is 0 Å². The average molecular weight is 524 g/mol. The predicted octanol–water partition coefficient (Wildman–Crippen LogP) is 4.44. The number of nitrogens with one attached hydrogen (secondary N) is 3. The van der Waals surface area contributed by atoms with Gasteiger partial charge in [-0.2, -0.15) is 18.3 Å². The Bertz CT molecular complexity index is 1410. The fourth-order valence-corrected chi connectivity index (χ4v) is 4.47. The molecule has 2 aromatic heterocycles. The first-order valence-corrected chi connectivity index (χ1v) is 12.3. The molecule has 1 aliphatic rings. The van der Waals surface area contributed by atoms with Gasteiger partial charge in [-0.1, -0.05) is 18.2 Å². The lowest BCUT2D eigenvalue weighted by molar-refractivity contribution is -0.138. The molecule has 38 heavy (non-hydrogen) atoms. The molecule has 1 fully saturated rings. The van der Waals surface area contributed by atoms with Crippen molar-refractivity contribution in [2.24, 2.45) is 0 Å². The van der Waals surface area contributed by atoms with E-state index in [9.17, 15) is 18.0 Å².